The fourth-order valence-electron chi connectivity index (χ4n) is 10.5. The van der Waals surface area contributed by atoms with E-state index in [1.54, 1.807) is 0 Å². The van der Waals surface area contributed by atoms with Crippen molar-refractivity contribution in [1.29, 1.82) is 0 Å². The fraction of sp³-hybridized carbons (Fsp3) is 0.955. The number of hydrogen-bond acceptors (Lipinski definition) is 6. The SMILES string of the molecule is CCCCCCCCCCCCCCCCCCCCCC(=O)OC[C@@H](COC(=O)CCCCCCCCCCCCCCCCC)OC(=O)CCCCCCCCCCCCCCCCCCCCC(C)C. The van der Waals surface area contributed by atoms with Gasteiger partial charge in [0.15, 0.2) is 6.10 Å². The average Bonchev–Trinajstić information content (AvgIpc) is 3.38. The smallest absolute Gasteiger partial charge is 0.306 e. The van der Waals surface area contributed by atoms with Crippen LogP contribution in [0.1, 0.15) is 387 Å². The molecule has 0 aliphatic rings. The molecular formula is C67H130O6. The molecular weight excluding hydrogens is 901 g/mol. The Labute approximate surface area is 457 Å². The lowest BCUT2D eigenvalue weighted by atomic mass is 10.0. The third kappa shape index (κ3) is 61.1. The molecule has 6 heteroatoms. The van der Waals surface area contributed by atoms with Crippen LogP contribution in [0.4, 0.5) is 0 Å². The van der Waals surface area contributed by atoms with Gasteiger partial charge < -0.3 is 14.2 Å². The highest BCUT2D eigenvalue weighted by molar-refractivity contribution is 5.71. The van der Waals surface area contributed by atoms with Crippen LogP contribution in [-0.2, 0) is 28.6 Å². The van der Waals surface area contributed by atoms with E-state index in [4.69, 9.17) is 14.2 Å². The first-order chi connectivity index (χ1) is 35.9. The molecule has 6 nitrogen and oxygen atoms in total. The summed E-state index contributed by atoms with van der Waals surface area (Å²) in [4.78, 5) is 38.4. The topological polar surface area (TPSA) is 78.9 Å². The van der Waals surface area contributed by atoms with Crippen LogP contribution in [0.3, 0.4) is 0 Å². The molecule has 0 bridgehead atoms. The van der Waals surface area contributed by atoms with E-state index in [0.717, 1.165) is 63.7 Å². The molecule has 0 aromatic rings. The minimum atomic E-state index is -0.763. The van der Waals surface area contributed by atoms with Crippen LogP contribution in [0, 0.1) is 5.92 Å². The second-order valence-electron chi connectivity index (χ2n) is 23.6. The van der Waals surface area contributed by atoms with Gasteiger partial charge in [-0.05, 0) is 25.2 Å². The number of carbonyl (C=O) groups is 3. The van der Waals surface area contributed by atoms with Crippen LogP contribution in [0.2, 0.25) is 0 Å². The van der Waals surface area contributed by atoms with Crippen molar-refractivity contribution < 1.29 is 28.6 Å². The Morgan fingerprint density at radius 3 is 0.671 bits per heavy atom. The first-order valence-electron chi connectivity index (χ1n) is 33.4. The molecule has 0 heterocycles. The first kappa shape index (κ1) is 71.4. The van der Waals surface area contributed by atoms with E-state index in [1.165, 1.54) is 283 Å². The van der Waals surface area contributed by atoms with E-state index < -0.39 is 6.10 Å². The lowest BCUT2D eigenvalue weighted by Gasteiger charge is -2.18. The van der Waals surface area contributed by atoms with Gasteiger partial charge in [0, 0.05) is 19.3 Å². The third-order valence-corrected chi connectivity index (χ3v) is 15.5. The van der Waals surface area contributed by atoms with Gasteiger partial charge in [0.05, 0.1) is 0 Å². The van der Waals surface area contributed by atoms with Crippen LogP contribution in [0.25, 0.3) is 0 Å². The van der Waals surface area contributed by atoms with Gasteiger partial charge in [0.2, 0.25) is 0 Å². The van der Waals surface area contributed by atoms with Crippen LogP contribution >= 0.6 is 0 Å². The van der Waals surface area contributed by atoms with E-state index in [2.05, 4.69) is 27.7 Å². The second kappa shape index (κ2) is 61.3. The minimum Gasteiger partial charge on any atom is -0.462 e. The first-order valence-corrected chi connectivity index (χ1v) is 33.4. The highest BCUT2D eigenvalue weighted by atomic mass is 16.6. The fourth-order valence-corrected chi connectivity index (χ4v) is 10.5. The zero-order chi connectivity index (χ0) is 53.0. The summed E-state index contributed by atoms with van der Waals surface area (Å²) in [7, 11) is 0. The molecule has 0 unspecified atom stereocenters. The summed E-state index contributed by atoms with van der Waals surface area (Å²) >= 11 is 0. The maximum absolute atomic E-state index is 12.9. The van der Waals surface area contributed by atoms with E-state index >= 15 is 0 Å². The second-order valence-corrected chi connectivity index (χ2v) is 23.6. The Bertz CT molecular complexity index is 1110. The molecule has 1 atom stereocenters. The summed E-state index contributed by atoms with van der Waals surface area (Å²) in [5, 5.41) is 0. The number of unbranched alkanes of at least 4 members (excludes halogenated alkanes) is 49. The van der Waals surface area contributed by atoms with E-state index in [1.807, 2.05) is 0 Å². The van der Waals surface area contributed by atoms with Gasteiger partial charge in [-0.15, -0.1) is 0 Å². The van der Waals surface area contributed by atoms with Crippen molar-refractivity contribution in [2.45, 2.75) is 393 Å². The third-order valence-electron chi connectivity index (χ3n) is 15.5. The standard InChI is InChI=1S/C67H130O6/c1-5-7-9-11-13-15-17-19-21-22-23-27-31-35-39-43-47-51-55-59-66(69)72-62-64(61-71-65(68)58-54-50-46-42-38-34-29-20-18-16-14-12-10-8-6-2)73-67(70)60-56-52-48-44-40-36-32-28-25-24-26-30-33-37-41-45-49-53-57-63(3)4/h63-64H,5-62H2,1-4H3/t64-/m1/s1. The Balaban J connectivity index is 4.26. The molecule has 0 radical (unpaired) electrons. The number of carbonyl (C=O) groups excluding carboxylic acids is 3. The van der Waals surface area contributed by atoms with Crippen molar-refractivity contribution in [3.8, 4) is 0 Å². The molecule has 0 fully saturated rings. The zero-order valence-corrected chi connectivity index (χ0v) is 50.1. The number of esters is 3. The Morgan fingerprint density at radius 2 is 0.452 bits per heavy atom. The Morgan fingerprint density at radius 1 is 0.260 bits per heavy atom. The number of hydrogen-bond donors (Lipinski definition) is 0. The monoisotopic (exact) mass is 1030 g/mol. The van der Waals surface area contributed by atoms with Gasteiger partial charge in [-0.25, -0.2) is 0 Å². The van der Waals surface area contributed by atoms with Crippen molar-refractivity contribution in [3.63, 3.8) is 0 Å². The maximum Gasteiger partial charge on any atom is 0.306 e. The van der Waals surface area contributed by atoms with E-state index in [-0.39, 0.29) is 31.1 Å². The lowest BCUT2D eigenvalue weighted by molar-refractivity contribution is -0.167. The molecule has 0 aromatic heterocycles. The van der Waals surface area contributed by atoms with Gasteiger partial charge in [-0.1, -0.05) is 349 Å². The molecule has 0 aromatic carbocycles. The van der Waals surface area contributed by atoms with Crippen LogP contribution < -0.4 is 0 Å². The molecule has 0 saturated carbocycles. The molecule has 0 aliphatic heterocycles. The van der Waals surface area contributed by atoms with Gasteiger partial charge in [-0.3, -0.25) is 14.4 Å². The van der Waals surface area contributed by atoms with Crippen LogP contribution in [-0.4, -0.2) is 37.2 Å². The van der Waals surface area contributed by atoms with Crippen molar-refractivity contribution in [2.24, 2.45) is 5.92 Å². The summed E-state index contributed by atoms with van der Waals surface area (Å²) in [6.07, 6.45) is 69.7. The molecule has 0 aliphatic carbocycles. The molecule has 73 heavy (non-hydrogen) atoms. The van der Waals surface area contributed by atoms with Gasteiger partial charge in [0.25, 0.3) is 0 Å². The molecule has 0 N–H and O–H groups in total. The quantitative estimate of drug-likeness (QED) is 0.0343. The van der Waals surface area contributed by atoms with Crippen molar-refractivity contribution in [2.75, 3.05) is 13.2 Å². The highest BCUT2D eigenvalue weighted by Gasteiger charge is 2.19. The van der Waals surface area contributed by atoms with Crippen LogP contribution in [0.15, 0.2) is 0 Å². The molecule has 0 amide bonds. The van der Waals surface area contributed by atoms with Gasteiger partial charge >= 0.3 is 17.9 Å². The summed E-state index contributed by atoms with van der Waals surface area (Å²) in [5.41, 5.74) is 0. The van der Waals surface area contributed by atoms with Gasteiger partial charge in [0.1, 0.15) is 13.2 Å². The normalized spacial score (nSPS) is 12.0. The number of ether oxygens (including phenoxy) is 3. The van der Waals surface area contributed by atoms with E-state index in [9.17, 15) is 14.4 Å². The summed E-state index contributed by atoms with van der Waals surface area (Å²) in [6, 6.07) is 0. The highest BCUT2D eigenvalue weighted by Crippen LogP contribution is 2.19. The van der Waals surface area contributed by atoms with Gasteiger partial charge in [-0.2, -0.15) is 0 Å². The van der Waals surface area contributed by atoms with E-state index in [0.29, 0.717) is 19.3 Å². The summed E-state index contributed by atoms with van der Waals surface area (Å²) < 4.78 is 17.0. The molecule has 0 spiro atoms. The molecule has 0 rings (SSSR count). The van der Waals surface area contributed by atoms with Crippen molar-refractivity contribution in [1.82, 2.24) is 0 Å². The largest absolute Gasteiger partial charge is 0.462 e. The summed E-state index contributed by atoms with van der Waals surface area (Å²) in [6.45, 7) is 9.11. The van der Waals surface area contributed by atoms with Crippen LogP contribution in [0.5, 0.6) is 0 Å². The Hall–Kier alpha value is -1.59. The summed E-state index contributed by atoms with van der Waals surface area (Å²) in [5.74, 6) is 0.0343. The average molecular weight is 1030 g/mol. The lowest BCUT2D eigenvalue weighted by Crippen LogP contribution is -2.30. The van der Waals surface area contributed by atoms with Crippen molar-refractivity contribution >= 4 is 17.9 Å². The maximum atomic E-state index is 12.9. The predicted molar refractivity (Wildman–Crippen MR) is 317 cm³/mol. The minimum absolute atomic E-state index is 0.0608. The number of rotatable bonds is 62. The van der Waals surface area contributed by atoms with Crippen molar-refractivity contribution in [3.05, 3.63) is 0 Å². The predicted octanol–water partition coefficient (Wildman–Crippen LogP) is 22.5. The Kier molecular flexibility index (Phi) is 59.9. The molecule has 434 valence electrons. The zero-order valence-electron chi connectivity index (χ0n) is 50.1. The molecule has 0 saturated heterocycles.